The highest BCUT2D eigenvalue weighted by atomic mass is 16.5. The largest absolute Gasteiger partial charge is 0.491 e. The summed E-state index contributed by atoms with van der Waals surface area (Å²) in [5.74, 6) is 0.176. The Labute approximate surface area is 166 Å². The predicted octanol–water partition coefficient (Wildman–Crippen LogP) is 4.38. The van der Waals surface area contributed by atoms with Gasteiger partial charge in [-0.3, -0.25) is 14.5 Å². The SMILES string of the molecule is Cc1ccc(C2=C(Nc3ccc(OC(C)C)cc3)C(=O)N(C(C)C)C2=O)cc1. The lowest BCUT2D eigenvalue weighted by molar-refractivity contribution is -0.138. The number of amides is 2. The second-order valence-corrected chi connectivity index (χ2v) is 7.51. The molecule has 3 rings (SSSR count). The first-order valence-electron chi connectivity index (χ1n) is 9.51. The van der Waals surface area contributed by atoms with E-state index in [0.717, 1.165) is 22.6 Å². The summed E-state index contributed by atoms with van der Waals surface area (Å²) in [6, 6.07) is 14.8. The Morgan fingerprint density at radius 2 is 1.46 bits per heavy atom. The van der Waals surface area contributed by atoms with Gasteiger partial charge in [0.25, 0.3) is 11.8 Å². The van der Waals surface area contributed by atoms with Crippen molar-refractivity contribution >= 4 is 23.1 Å². The number of carbonyl (C=O) groups excluding carboxylic acids is 2. The molecule has 2 aromatic rings. The summed E-state index contributed by atoms with van der Waals surface area (Å²) < 4.78 is 5.66. The first-order chi connectivity index (χ1) is 13.3. The van der Waals surface area contributed by atoms with Gasteiger partial charge in [0.15, 0.2) is 0 Å². The van der Waals surface area contributed by atoms with Crippen LogP contribution in [0.4, 0.5) is 5.69 Å². The summed E-state index contributed by atoms with van der Waals surface area (Å²) in [5, 5.41) is 3.16. The van der Waals surface area contributed by atoms with Gasteiger partial charge in [0.05, 0.1) is 11.7 Å². The summed E-state index contributed by atoms with van der Waals surface area (Å²) >= 11 is 0. The molecule has 0 spiro atoms. The van der Waals surface area contributed by atoms with Gasteiger partial charge in [-0.15, -0.1) is 0 Å². The minimum absolute atomic E-state index is 0.0864. The maximum atomic E-state index is 13.0. The lowest BCUT2D eigenvalue weighted by Gasteiger charge is -2.19. The first-order valence-corrected chi connectivity index (χ1v) is 9.51. The van der Waals surface area contributed by atoms with Crippen molar-refractivity contribution in [3.63, 3.8) is 0 Å². The van der Waals surface area contributed by atoms with Gasteiger partial charge in [0.2, 0.25) is 0 Å². The van der Waals surface area contributed by atoms with Gasteiger partial charge < -0.3 is 10.1 Å². The molecule has 0 bridgehead atoms. The van der Waals surface area contributed by atoms with Gasteiger partial charge in [-0.05, 0) is 64.4 Å². The van der Waals surface area contributed by atoms with Crippen molar-refractivity contribution in [1.82, 2.24) is 4.90 Å². The third-order valence-corrected chi connectivity index (χ3v) is 4.47. The molecule has 0 radical (unpaired) electrons. The van der Waals surface area contributed by atoms with E-state index in [1.807, 2.05) is 83.1 Å². The van der Waals surface area contributed by atoms with Crippen LogP contribution in [0.1, 0.15) is 38.8 Å². The Bertz CT molecular complexity index is 910. The van der Waals surface area contributed by atoms with E-state index in [-0.39, 0.29) is 24.0 Å². The van der Waals surface area contributed by atoms with Crippen molar-refractivity contribution in [2.45, 2.75) is 46.8 Å². The Morgan fingerprint density at radius 1 is 0.857 bits per heavy atom. The van der Waals surface area contributed by atoms with Crippen LogP contribution in [0, 0.1) is 6.92 Å². The van der Waals surface area contributed by atoms with Crippen molar-refractivity contribution in [3.8, 4) is 5.75 Å². The van der Waals surface area contributed by atoms with Crippen LogP contribution in [0.5, 0.6) is 5.75 Å². The number of ether oxygens (including phenoxy) is 1. The minimum atomic E-state index is -0.307. The summed E-state index contributed by atoms with van der Waals surface area (Å²) in [6.45, 7) is 9.59. The van der Waals surface area contributed by atoms with E-state index in [2.05, 4.69) is 5.32 Å². The third kappa shape index (κ3) is 3.93. The lowest BCUT2D eigenvalue weighted by Crippen LogP contribution is -2.38. The van der Waals surface area contributed by atoms with E-state index >= 15 is 0 Å². The van der Waals surface area contributed by atoms with Crippen molar-refractivity contribution in [2.24, 2.45) is 0 Å². The zero-order valence-electron chi connectivity index (χ0n) is 16.9. The molecule has 0 atom stereocenters. The van der Waals surface area contributed by atoms with E-state index in [1.165, 1.54) is 4.90 Å². The molecule has 0 saturated carbocycles. The topological polar surface area (TPSA) is 58.6 Å². The number of nitrogens with one attached hydrogen (secondary N) is 1. The van der Waals surface area contributed by atoms with Crippen LogP contribution < -0.4 is 10.1 Å². The molecular weight excluding hydrogens is 352 g/mol. The van der Waals surface area contributed by atoms with Crippen LogP contribution in [0.2, 0.25) is 0 Å². The number of hydrogen-bond acceptors (Lipinski definition) is 4. The number of anilines is 1. The van der Waals surface area contributed by atoms with Crippen LogP contribution in [-0.2, 0) is 9.59 Å². The average molecular weight is 378 g/mol. The molecule has 2 amide bonds. The molecular formula is C23H26N2O3. The third-order valence-electron chi connectivity index (χ3n) is 4.47. The zero-order valence-corrected chi connectivity index (χ0v) is 16.9. The molecule has 0 unspecified atom stereocenters. The van der Waals surface area contributed by atoms with E-state index in [9.17, 15) is 9.59 Å². The van der Waals surface area contributed by atoms with E-state index < -0.39 is 0 Å². The Kier molecular flexibility index (Phi) is 5.54. The summed E-state index contributed by atoms with van der Waals surface area (Å²) in [7, 11) is 0. The lowest BCUT2D eigenvalue weighted by atomic mass is 10.0. The molecule has 1 heterocycles. The van der Waals surface area contributed by atoms with Gasteiger partial charge in [-0.1, -0.05) is 29.8 Å². The number of rotatable bonds is 6. The number of carbonyl (C=O) groups is 2. The van der Waals surface area contributed by atoms with Crippen LogP contribution in [0.3, 0.4) is 0 Å². The molecule has 0 aliphatic carbocycles. The number of nitrogens with zero attached hydrogens (tertiary/aromatic N) is 1. The van der Waals surface area contributed by atoms with E-state index in [4.69, 9.17) is 4.74 Å². The second kappa shape index (κ2) is 7.89. The predicted molar refractivity (Wildman–Crippen MR) is 111 cm³/mol. The van der Waals surface area contributed by atoms with Gasteiger partial charge in [-0.25, -0.2) is 0 Å². The van der Waals surface area contributed by atoms with Gasteiger partial charge in [0.1, 0.15) is 11.4 Å². The van der Waals surface area contributed by atoms with Crippen LogP contribution >= 0.6 is 0 Å². The molecule has 2 aromatic carbocycles. The molecule has 5 nitrogen and oxygen atoms in total. The van der Waals surface area contributed by atoms with Gasteiger partial charge in [-0.2, -0.15) is 0 Å². The molecule has 5 heteroatoms. The normalized spacial score (nSPS) is 14.5. The maximum Gasteiger partial charge on any atom is 0.278 e. The maximum absolute atomic E-state index is 13.0. The number of benzene rings is 2. The molecule has 0 aromatic heterocycles. The van der Waals surface area contributed by atoms with Gasteiger partial charge >= 0.3 is 0 Å². The van der Waals surface area contributed by atoms with Crippen LogP contribution in [0.25, 0.3) is 5.57 Å². The quantitative estimate of drug-likeness (QED) is 0.758. The Balaban J connectivity index is 1.98. The highest BCUT2D eigenvalue weighted by Crippen LogP contribution is 2.32. The van der Waals surface area contributed by atoms with Crippen LogP contribution in [0.15, 0.2) is 54.2 Å². The highest BCUT2D eigenvalue weighted by molar-refractivity contribution is 6.36. The minimum Gasteiger partial charge on any atom is -0.491 e. The van der Waals surface area contributed by atoms with Gasteiger partial charge in [0, 0.05) is 11.7 Å². The molecule has 0 fully saturated rings. The zero-order chi connectivity index (χ0) is 20.4. The standard InChI is InChI=1S/C23H26N2O3/c1-14(2)25-22(26)20(17-8-6-16(5)7-9-17)21(23(25)27)24-18-10-12-19(13-11-18)28-15(3)4/h6-15,24H,1-5H3. The molecule has 1 aliphatic heterocycles. The first kappa shape index (κ1) is 19.7. The number of hydrogen-bond donors (Lipinski definition) is 1. The molecule has 0 saturated heterocycles. The summed E-state index contributed by atoms with van der Waals surface area (Å²) in [5.41, 5.74) is 3.26. The Hall–Kier alpha value is -3.08. The van der Waals surface area contributed by atoms with Crippen molar-refractivity contribution in [1.29, 1.82) is 0 Å². The molecule has 1 aliphatic rings. The molecule has 1 N–H and O–H groups in total. The monoisotopic (exact) mass is 378 g/mol. The smallest absolute Gasteiger partial charge is 0.278 e. The summed E-state index contributed by atoms with van der Waals surface area (Å²) in [4.78, 5) is 27.3. The van der Waals surface area contributed by atoms with Crippen LogP contribution in [-0.4, -0.2) is 28.9 Å². The molecule has 28 heavy (non-hydrogen) atoms. The highest BCUT2D eigenvalue weighted by Gasteiger charge is 2.40. The fourth-order valence-corrected chi connectivity index (χ4v) is 3.15. The second-order valence-electron chi connectivity index (χ2n) is 7.51. The van der Waals surface area contributed by atoms with Crippen molar-refractivity contribution in [2.75, 3.05) is 5.32 Å². The number of aryl methyl sites for hydroxylation is 1. The van der Waals surface area contributed by atoms with E-state index in [1.54, 1.807) is 0 Å². The van der Waals surface area contributed by atoms with E-state index in [0.29, 0.717) is 11.3 Å². The number of imide groups is 1. The molecule has 146 valence electrons. The average Bonchev–Trinajstić information content (AvgIpc) is 2.87. The van der Waals surface area contributed by atoms with Crippen molar-refractivity contribution in [3.05, 3.63) is 65.4 Å². The fourth-order valence-electron chi connectivity index (χ4n) is 3.15. The Morgan fingerprint density at radius 3 is 2.00 bits per heavy atom. The fraction of sp³-hybridized carbons (Fsp3) is 0.304. The van der Waals surface area contributed by atoms with Crippen molar-refractivity contribution < 1.29 is 14.3 Å². The summed E-state index contributed by atoms with van der Waals surface area (Å²) in [6.07, 6.45) is 0.0864.